The Morgan fingerprint density at radius 1 is 1.04 bits per heavy atom. The number of carboxylic acids is 2. The summed E-state index contributed by atoms with van der Waals surface area (Å²) in [6.45, 7) is 2.12. The predicted octanol–water partition coefficient (Wildman–Crippen LogP) is -0.571. The Morgan fingerprint density at radius 2 is 1.64 bits per heavy atom. The monoisotopic (exact) mass is 406 g/mol. The summed E-state index contributed by atoms with van der Waals surface area (Å²) in [7, 11) is 0. The molecule has 0 spiro atoms. The van der Waals surface area contributed by atoms with Gasteiger partial charge in [0.1, 0.15) is 6.34 Å². The molecule has 0 bridgehead atoms. The molecule has 3 aliphatic rings. The Bertz CT molecular complexity index is 608. The van der Waals surface area contributed by atoms with E-state index in [9.17, 15) is 19.8 Å². The predicted molar refractivity (Wildman–Crippen MR) is 107 cm³/mol. The molecule has 2 aliphatic heterocycles. The summed E-state index contributed by atoms with van der Waals surface area (Å²) in [4.78, 5) is 29.7. The molecule has 1 unspecified atom stereocenters. The zero-order chi connectivity index (χ0) is 20.4. The van der Waals surface area contributed by atoms with Crippen LogP contribution in [0.5, 0.6) is 0 Å². The smallest absolute Gasteiger partial charge is 0.169 e. The average Bonchev–Trinajstić information content (AvgIpc) is 3.23. The van der Waals surface area contributed by atoms with Gasteiger partial charge in [-0.3, -0.25) is 4.99 Å². The molecule has 9 heteroatoms. The van der Waals surface area contributed by atoms with Crippen LogP contribution in [-0.4, -0.2) is 59.7 Å². The standard InChI is InChI=1S/C15H24N4S.C4H4O4/c20-15(18-13-4-2-1-3-5-13)19-8-6-12(7-9-19)14-10-16-11-17-14;5-3(6)1-2-4(7)8/h10-14H,1-9H2,(H,18,20);1-2H,(H,5,6)(H,7,8)/p-2/b;2-1-. The third-order valence-corrected chi connectivity index (χ3v) is 5.52. The molecule has 1 saturated carbocycles. The van der Waals surface area contributed by atoms with Gasteiger partial charge >= 0.3 is 0 Å². The third-order valence-electron chi connectivity index (χ3n) is 5.14. The van der Waals surface area contributed by atoms with Crippen LogP contribution in [0.2, 0.25) is 0 Å². The molecule has 1 saturated heterocycles. The minimum absolute atomic E-state index is 0.317. The van der Waals surface area contributed by atoms with Gasteiger partial charge in [0, 0.05) is 25.3 Å². The molecule has 0 aromatic carbocycles. The van der Waals surface area contributed by atoms with E-state index in [0.29, 0.717) is 30.2 Å². The molecule has 0 aromatic heterocycles. The van der Waals surface area contributed by atoms with Crippen molar-refractivity contribution in [1.29, 1.82) is 0 Å². The number of likely N-dealkylation sites (tertiary alicyclic amines) is 1. The van der Waals surface area contributed by atoms with E-state index in [0.717, 1.165) is 18.2 Å². The molecule has 28 heavy (non-hydrogen) atoms. The Morgan fingerprint density at radius 3 is 2.14 bits per heavy atom. The highest BCUT2D eigenvalue weighted by Crippen LogP contribution is 2.24. The van der Waals surface area contributed by atoms with E-state index in [1.54, 1.807) is 6.34 Å². The van der Waals surface area contributed by atoms with Gasteiger partial charge in [-0.1, -0.05) is 19.3 Å². The second-order valence-electron chi connectivity index (χ2n) is 7.13. The Labute approximate surface area is 170 Å². The first-order valence-electron chi connectivity index (χ1n) is 9.66. The summed E-state index contributed by atoms with van der Waals surface area (Å²) in [6, 6.07) is 0.928. The number of rotatable bonds is 4. The topological polar surface area (TPSA) is 120 Å². The lowest BCUT2D eigenvalue weighted by molar-refractivity contribution is -0.301. The lowest BCUT2D eigenvalue weighted by atomic mass is 9.90. The molecule has 2 fully saturated rings. The fraction of sp³-hybridized carbons (Fsp3) is 0.632. The van der Waals surface area contributed by atoms with E-state index in [-0.39, 0.29) is 0 Å². The minimum Gasteiger partial charge on any atom is -0.545 e. The van der Waals surface area contributed by atoms with Gasteiger partial charge in [0.05, 0.1) is 18.0 Å². The van der Waals surface area contributed by atoms with Crippen molar-refractivity contribution in [3.63, 3.8) is 0 Å². The van der Waals surface area contributed by atoms with E-state index < -0.39 is 11.9 Å². The maximum atomic E-state index is 9.41. The summed E-state index contributed by atoms with van der Waals surface area (Å²) in [5.41, 5.74) is 0. The number of nitrogens with one attached hydrogen (secondary N) is 1. The first-order valence-corrected chi connectivity index (χ1v) is 10.1. The van der Waals surface area contributed by atoms with Gasteiger partial charge in [-0.25, -0.2) is 4.99 Å². The summed E-state index contributed by atoms with van der Waals surface area (Å²) in [6.07, 6.45) is 13.4. The number of aliphatic imine (C=N–C) groups is 2. The first kappa shape index (κ1) is 22.0. The second-order valence-corrected chi connectivity index (χ2v) is 7.52. The van der Waals surface area contributed by atoms with Gasteiger partial charge in [-0.05, 0) is 56.0 Å². The van der Waals surface area contributed by atoms with Gasteiger partial charge in [0.15, 0.2) is 5.11 Å². The van der Waals surface area contributed by atoms with E-state index in [2.05, 4.69) is 20.2 Å². The number of hydrogen-bond donors (Lipinski definition) is 1. The molecule has 0 aromatic rings. The van der Waals surface area contributed by atoms with E-state index >= 15 is 0 Å². The van der Waals surface area contributed by atoms with Crippen molar-refractivity contribution in [2.75, 3.05) is 13.1 Å². The van der Waals surface area contributed by atoms with Crippen LogP contribution in [-0.2, 0) is 9.59 Å². The SMILES string of the molecule is O=C([O-])/C=C\C(=O)[O-].S=C(NC1CCCCC1)N1CCC(C2C=NC=N2)CC1. The quantitative estimate of drug-likeness (QED) is 0.490. The largest absolute Gasteiger partial charge is 0.545 e. The van der Waals surface area contributed by atoms with Gasteiger partial charge in [-0.15, -0.1) is 0 Å². The Kier molecular flexibility index (Phi) is 9.06. The van der Waals surface area contributed by atoms with Crippen molar-refractivity contribution >= 4 is 41.8 Å². The lowest BCUT2D eigenvalue weighted by Crippen LogP contribution is -2.49. The van der Waals surface area contributed by atoms with Crippen molar-refractivity contribution < 1.29 is 19.8 Å². The van der Waals surface area contributed by atoms with Gasteiger partial charge in [0.25, 0.3) is 0 Å². The summed E-state index contributed by atoms with van der Waals surface area (Å²) >= 11 is 5.59. The molecule has 154 valence electrons. The number of carbonyl (C=O) groups is 2. The molecule has 1 atom stereocenters. The fourth-order valence-corrected chi connectivity index (χ4v) is 3.97. The van der Waals surface area contributed by atoms with Crippen LogP contribution in [0.15, 0.2) is 22.1 Å². The number of thiocarbonyl (C=S) groups is 1. The van der Waals surface area contributed by atoms with Crippen molar-refractivity contribution in [2.24, 2.45) is 15.9 Å². The Hall–Kier alpha value is -2.29. The van der Waals surface area contributed by atoms with Crippen LogP contribution in [0.25, 0.3) is 0 Å². The minimum atomic E-state index is -1.55. The van der Waals surface area contributed by atoms with Crippen LogP contribution in [0.3, 0.4) is 0 Å². The van der Waals surface area contributed by atoms with E-state index in [1.807, 2.05) is 6.21 Å². The maximum absolute atomic E-state index is 9.41. The van der Waals surface area contributed by atoms with Crippen LogP contribution in [0, 0.1) is 5.92 Å². The molecule has 3 rings (SSSR count). The molecular formula is C19H26N4O4S-2. The third kappa shape index (κ3) is 7.75. The van der Waals surface area contributed by atoms with Crippen LogP contribution in [0.4, 0.5) is 0 Å². The first-order chi connectivity index (χ1) is 13.5. The maximum Gasteiger partial charge on any atom is 0.169 e. The number of piperidine rings is 1. The van der Waals surface area contributed by atoms with Crippen LogP contribution >= 0.6 is 12.2 Å². The number of nitrogens with zero attached hydrogens (tertiary/aromatic N) is 3. The van der Waals surface area contributed by atoms with Gasteiger partial charge in [-0.2, -0.15) is 0 Å². The number of hydrogen-bond acceptors (Lipinski definition) is 7. The highest BCUT2D eigenvalue weighted by Gasteiger charge is 2.27. The molecule has 1 aliphatic carbocycles. The summed E-state index contributed by atoms with van der Waals surface area (Å²) < 4.78 is 0. The van der Waals surface area contributed by atoms with Crippen molar-refractivity contribution in [1.82, 2.24) is 10.2 Å². The molecular weight excluding hydrogens is 380 g/mol. The Balaban J connectivity index is 0.000000300. The lowest BCUT2D eigenvalue weighted by Gasteiger charge is -2.36. The molecule has 0 amide bonds. The van der Waals surface area contributed by atoms with Gasteiger partial charge < -0.3 is 30.0 Å². The number of aliphatic carboxylic acids is 2. The average molecular weight is 407 g/mol. The van der Waals surface area contributed by atoms with E-state index in [1.165, 1.54) is 44.9 Å². The van der Waals surface area contributed by atoms with E-state index in [4.69, 9.17) is 12.2 Å². The molecule has 8 nitrogen and oxygen atoms in total. The van der Waals surface area contributed by atoms with Crippen molar-refractivity contribution in [3.05, 3.63) is 12.2 Å². The summed E-state index contributed by atoms with van der Waals surface area (Å²) in [5.74, 6) is -2.45. The number of carboxylic acid groups (broad SMARTS) is 2. The number of carbonyl (C=O) groups excluding carboxylic acids is 2. The molecule has 1 N–H and O–H groups in total. The molecule has 2 heterocycles. The second kappa shape index (κ2) is 11.5. The fourth-order valence-electron chi connectivity index (χ4n) is 3.62. The normalized spacial score (nSPS) is 22.7. The highest BCUT2D eigenvalue weighted by atomic mass is 32.1. The zero-order valence-corrected chi connectivity index (χ0v) is 16.6. The van der Waals surface area contributed by atoms with Crippen molar-refractivity contribution in [3.8, 4) is 0 Å². The molecule has 0 radical (unpaired) electrons. The van der Waals surface area contributed by atoms with Gasteiger partial charge in [0.2, 0.25) is 0 Å². The zero-order valence-electron chi connectivity index (χ0n) is 15.8. The summed E-state index contributed by atoms with van der Waals surface area (Å²) in [5, 5.41) is 23.4. The highest BCUT2D eigenvalue weighted by molar-refractivity contribution is 7.80. The van der Waals surface area contributed by atoms with Crippen molar-refractivity contribution in [2.45, 2.75) is 57.0 Å². The van der Waals surface area contributed by atoms with Crippen LogP contribution < -0.4 is 15.5 Å². The van der Waals surface area contributed by atoms with Crippen LogP contribution in [0.1, 0.15) is 44.9 Å².